The monoisotopic (exact) mass is 818 g/mol. The van der Waals surface area contributed by atoms with E-state index in [0.29, 0.717) is 5.82 Å². The fourth-order valence-corrected chi connectivity index (χ4v) is 9.95. The zero-order valence-corrected chi connectivity index (χ0v) is 35.6. The SMILES string of the molecule is CC1(C)c2ccccc2-c2c(-c3ccccc3-c3cc(-c4cc(-c5cccc(-c6ccccc6)c5)cc(-c5cccc6c5oc5ccccc56)c4)nc(-c4ccccc4)n3)cccc21. The Morgan fingerprint density at radius 3 is 1.70 bits per heavy atom. The van der Waals surface area contributed by atoms with Crippen molar-refractivity contribution in [2.45, 2.75) is 19.3 Å². The zero-order valence-electron chi connectivity index (χ0n) is 35.6. The smallest absolute Gasteiger partial charge is 0.160 e. The van der Waals surface area contributed by atoms with Gasteiger partial charge in [-0.05, 0) is 97.6 Å². The Morgan fingerprint density at radius 1 is 0.344 bits per heavy atom. The Labute approximate surface area is 373 Å². The van der Waals surface area contributed by atoms with Gasteiger partial charge >= 0.3 is 0 Å². The highest BCUT2D eigenvalue weighted by molar-refractivity contribution is 6.10. The maximum Gasteiger partial charge on any atom is 0.160 e. The van der Waals surface area contributed by atoms with Crippen LogP contribution in [0.25, 0.3) is 111 Å². The van der Waals surface area contributed by atoms with E-state index in [9.17, 15) is 0 Å². The average molecular weight is 819 g/mol. The number of furan rings is 1. The van der Waals surface area contributed by atoms with E-state index in [2.05, 4.69) is 214 Å². The normalized spacial score (nSPS) is 12.7. The number of hydrogen-bond donors (Lipinski definition) is 0. The van der Waals surface area contributed by atoms with Crippen molar-refractivity contribution in [3.8, 4) is 89.5 Å². The number of nitrogens with zero attached hydrogens (tertiary/aromatic N) is 2. The van der Waals surface area contributed by atoms with Crippen molar-refractivity contribution >= 4 is 21.9 Å². The third-order valence-electron chi connectivity index (χ3n) is 13.1. The summed E-state index contributed by atoms with van der Waals surface area (Å²) >= 11 is 0. The summed E-state index contributed by atoms with van der Waals surface area (Å²) in [6.07, 6.45) is 0. The van der Waals surface area contributed by atoms with Gasteiger partial charge in [0, 0.05) is 38.4 Å². The van der Waals surface area contributed by atoms with Crippen molar-refractivity contribution in [3.63, 3.8) is 0 Å². The summed E-state index contributed by atoms with van der Waals surface area (Å²) in [4.78, 5) is 10.8. The molecule has 0 radical (unpaired) electrons. The highest BCUT2D eigenvalue weighted by atomic mass is 16.3. The van der Waals surface area contributed by atoms with Crippen LogP contribution in [0.5, 0.6) is 0 Å². The average Bonchev–Trinajstić information content (AvgIpc) is 3.86. The van der Waals surface area contributed by atoms with Gasteiger partial charge < -0.3 is 4.42 Å². The highest BCUT2D eigenvalue weighted by Crippen LogP contribution is 2.53. The highest BCUT2D eigenvalue weighted by Gasteiger charge is 2.36. The van der Waals surface area contributed by atoms with E-state index in [0.717, 1.165) is 83.4 Å². The van der Waals surface area contributed by atoms with Crippen LogP contribution < -0.4 is 0 Å². The molecular formula is C61H42N2O. The molecule has 0 N–H and O–H groups in total. The largest absolute Gasteiger partial charge is 0.455 e. The standard InChI is InChI=1S/C61H42N2O/c1-61(2)53-31-13-11-27-52(53)58-50(29-17-32-54(58)61)47-24-9-10-25-48(47)56-38-55(62-60(63-56)40-20-7-4-8-21-40)45-36-43(42-23-15-22-41(34-42)39-18-5-3-6-19-39)35-44(37-45)46-28-16-30-51-49-26-12-14-33-57(49)64-59(46)51/h3-38H,1-2H3. The van der Waals surface area contributed by atoms with Gasteiger partial charge in [0.15, 0.2) is 5.82 Å². The lowest BCUT2D eigenvalue weighted by Gasteiger charge is -2.22. The minimum Gasteiger partial charge on any atom is -0.455 e. The summed E-state index contributed by atoms with van der Waals surface area (Å²) in [5.41, 5.74) is 20.6. The lowest BCUT2D eigenvalue weighted by molar-refractivity contribution is 0.660. The fourth-order valence-electron chi connectivity index (χ4n) is 9.95. The van der Waals surface area contributed by atoms with Crippen LogP contribution in [0.4, 0.5) is 0 Å². The minimum absolute atomic E-state index is 0.116. The summed E-state index contributed by atoms with van der Waals surface area (Å²) < 4.78 is 6.66. The van der Waals surface area contributed by atoms with Gasteiger partial charge in [-0.25, -0.2) is 9.97 Å². The molecule has 1 aliphatic carbocycles. The van der Waals surface area contributed by atoms with Gasteiger partial charge in [-0.15, -0.1) is 0 Å². The summed E-state index contributed by atoms with van der Waals surface area (Å²) in [5, 5.41) is 2.20. The molecule has 3 nitrogen and oxygen atoms in total. The van der Waals surface area contributed by atoms with E-state index in [1.807, 2.05) is 18.2 Å². The van der Waals surface area contributed by atoms with Gasteiger partial charge in [-0.3, -0.25) is 0 Å². The van der Waals surface area contributed by atoms with Crippen molar-refractivity contribution in [3.05, 3.63) is 230 Å². The molecule has 0 amide bonds. The first kappa shape index (κ1) is 37.6. The molecule has 2 heterocycles. The quantitative estimate of drug-likeness (QED) is 0.161. The van der Waals surface area contributed by atoms with Crippen molar-refractivity contribution in [2.24, 2.45) is 0 Å². The van der Waals surface area contributed by atoms with Crippen molar-refractivity contribution < 1.29 is 4.42 Å². The second-order valence-electron chi connectivity index (χ2n) is 17.3. The molecule has 9 aromatic carbocycles. The first-order valence-electron chi connectivity index (χ1n) is 22.0. The van der Waals surface area contributed by atoms with E-state index in [1.165, 1.54) is 33.4 Å². The lowest BCUT2D eigenvalue weighted by Crippen LogP contribution is -2.14. The minimum atomic E-state index is -0.116. The van der Waals surface area contributed by atoms with Gasteiger partial charge in [0.2, 0.25) is 0 Å². The predicted molar refractivity (Wildman–Crippen MR) is 265 cm³/mol. The van der Waals surface area contributed by atoms with Crippen LogP contribution in [0.2, 0.25) is 0 Å². The summed E-state index contributed by atoms with van der Waals surface area (Å²) in [6.45, 7) is 4.68. The van der Waals surface area contributed by atoms with Gasteiger partial charge in [-0.2, -0.15) is 0 Å². The maximum absolute atomic E-state index is 6.66. The van der Waals surface area contributed by atoms with Crippen molar-refractivity contribution in [2.75, 3.05) is 0 Å². The van der Waals surface area contributed by atoms with Crippen LogP contribution in [0, 0.1) is 0 Å². The van der Waals surface area contributed by atoms with Crippen LogP contribution in [0.3, 0.4) is 0 Å². The third-order valence-corrected chi connectivity index (χ3v) is 13.1. The molecule has 0 aliphatic heterocycles. The molecule has 0 saturated carbocycles. The Morgan fingerprint density at radius 2 is 0.875 bits per heavy atom. The van der Waals surface area contributed by atoms with Gasteiger partial charge in [-0.1, -0.05) is 196 Å². The molecule has 0 unspecified atom stereocenters. The van der Waals surface area contributed by atoms with E-state index >= 15 is 0 Å². The number of para-hydroxylation sites is 2. The molecule has 11 aromatic rings. The van der Waals surface area contributed by atoms with E-state index in [4.69, 9.17) is 14.4 Å². The second-order valence-corrected chi connectivity index (χ2v) is 17.3. The van der Waals surface area contributed by atoms with Crippen LogP contribution in [-0.2, 0) is 5.41 Å². The molecule has 12 rings (SSSR count). The lowest BCUT2D eigenvalue weighted by atomic mass is 9.81. The number of hydrogen-bond acceptors (Lipinski definition) is 3. The van der Waals surface area contributed by atoms with Crippen LogP contribution in [0.15, 0.2) is 223 Å². The molecule has 302 valence electrons. The molecule has 0 spiro atoms. The third kappa shape index (κ3) is 6.28. The Balaban J connectivity index is 1.09. The first-order chi connectivity index (χ1) is 31.5. The number of rotatable bonds is 7. The zero-order chi connectivity index (χ0) is 42.8. The summed E-state index contributed by atoms with van der Waals surface area (Å²) in [7, 11) is 0. The van der Waals surface area contributed by atoms with Crippen molar-refractivity contribution in [1.82, 2.24) is 9.97 Å². The van der Waals surface area contributed by atoms with E-state index in [1.54, 1.807) is 0 Å². The predicted octanol–water partition coefficient (Wildman–Crippen LogP) is 16.4. The van der Waals surface area contributed by atoms with Gasteiger partial charge in [0.25, 0.3) is 0 Å². The molecule has 0 bridgehead atoms. The molecule has 3 heteroatoms. The Kier molecular flexibility index (Phi) is 8.84. The van der Waals surface area contributed by atoms with E-state index < -0.39 is 0 Å². The molecule has 0 atom stereocenters. The molecule has 2 aromatic heterocycles. The topological polar surface area (TPSA) is 38.9 Å². The molecule has 64 heavy (non-hydrogen) atoms. The van der Waals surface area contributed by atoms with Gasteiger partial charge in [0.05, 0.1) is 11.4 Å². The maximum atomic E-state index is 6.66. The van der Waals surface area contributed by atoms with Crippen LogP contribution in [0.1, 0.15) is 25.0 Å². The first-order valence-corrected chi connectivity index (χ1v) is 22.0. The fraction of sp³-hybridized carbons (Fsp3) is 0.0492. The second kappa shape index (κ2) is 15.0. The number of benzene rings is 9. The molecule has 1 aliphatic rings. The number of aromatic nitrogens is 2. The summed E-state index contributed by atoms with van der Waals surface area (Å²) in [5.74, 6) is 0.671. The summed E-state index contributed by atoms with van der Waals surface area (Å²) in [6, 6.07) is 77.8. The molecular weight excluding hydrogens is 777 g/mol. The van der Waals surface area contributed by atoms with Crippen molar-refractivity contribution in [1.29, 1.82) is 0 Å². The van der Waals surface area contributed by atoms with E-state index in [-0.39, 0.29) is 5.41 Å². The Hall–Kier alpha value is -8.14. The van der Waals surface area contributed by atoms with Crippen LogP contribution in [-0.4, -0.2) is 9.97 Å². The van der Waals surface area contributed by atoms with Crippen LogP contribution >= 0.6 is 0 Å². The molecule has 0 fully saturated rings. The number of fused-ring (bicyclic) bond motifs is 6. The molecule has 0 saturated heterocycles. The van der Waals surface area contributed by atoms with Gasteiger partial charge in [0.1, 0.15) is 11.2 Å². The Bertz CT molecular complexity index is 3580.